The monoisotopic (exact) mass is 192 g/mol. The van der Waals surface area contributed by atoms with E-state index in [9.17, 15) is 4.79 Å². The van der Waals surface area contributed by atoms with Crippen molar-refractivity contribution in [3.05, 3.63) is 6.07 Å². The van der Waals surface area contributed by atoms with Crippen molar-refractivity contribution in [2.24, 2.45) is 4.99 Å². The Balaban J connectivity index is 2.38. The topological polar surface area (TPSA) is 50.5 Å². The average molecular weight is 192 g/mol. The van der Waals surface area contributed by atoms with Crippen LogP contribution in [0.3, 0.4) is 0 Å². The SMILES string of the molecule is CN1CCCCn2nc(N=C=O)cc21. The van der Waals surface area contributed by atoms with E-state index >= 15 is 0 Å². The molecule has 0 aromatic carbocycles. The fraction of sp³-hybridized carbons (Fsp3) is 0.556. The number of anilines is 1. The van der Waals surface area contributed by atoms with Gasteiger partial charge in [-0.3, -0.25) is 0 Å². The third-order valence-electron chi connectivity index (χ3n) is 2.41. The smallest absolute Gasteiger partial charge is 0.242 e. The van der Waals surface area contributed by atoms with Crippen molar-refractivity contribution in [1.29, 1.82) is 0 Å². The maximum Gasteiger partial charge on any atom is 0.242 e. The third kappa shape index (κ3) is 1.54. The summed E-state index contributed by atoms with van der Waals surface area (Å²) in [4.78, 5) is 15.7. The predicted molar refractivity (Wildman–Crippen MR) is 52.5 cm³/mol. The van der Waals surface area contributed by atoms with E-state index in [-0.39, 0.29) is 0 Å². The van der Waals surface area contributed by atoms with Gasteiger partial charge in [0.2, 0.25) is 6.08 Å². The summed E-state index contributed by atoms with van der Waals surface area (Å²) in [6.45, 7) is 1.92. The van der Waals surface area contributed by atoms with Gasteiger partial charge in [-0.05, 0) is 12.8 Å². The van der Waals surface area contributed by atoms with Crippen LogP contribution in [-0.4, -0.2) is 29.5 Å². The number of aliphatic imine (C=N–C) groups is 1. The molecule has 14 heavy (non-hydrogen) atoms. The Hall–Kier alpha value is -1.61. The van der Waals surface area contributed by atoms with Gasteiger partial charge >= 0.3 is 0 Å². The highest BCUT2D eigenvalue weighted by molar-refractivity contribution is 5.52. The van der Waals surface area contributed by atoms with Crippen LogP contribution in [-0.2, 0) is 11.3 Å². The minimum Gasteiger partial charge on any atom is -0.360 e. The lowest BCUT2D eigenvalue weighted by molar-refractivity contribution is 0.564. The van der Waals surface area contributed by atoms with Crippen molar-refractivity contribution in [1.82, 2.24) is 9.78 Å². The highest BCUT2D eigenvalue weighted by Gasteiger charge is 2.14. The Labute approximate surface area is 82.0 Å². The van der Waals surface area contributed by atoms with E-state index in [1.807, 2.05) is 17.8 Å². The Kier molecular flexibility index (Phi) is 2.33. The second-order valence-corrected chi connectivity index (χ2v) is 3.42. The molecular formula is C9H12N4O. The lowest BCUT2D eigenvalue weighted by Crippen LogP contribution is -2.18. The molecule has 0 aliphatic carbocycles. The number of aromatic nitrogens is 2. The van der Waals surface area contributed by atoms with Gasteiger partial charge in [0.05, 0.1) is 0 Å². The summed E-state index contributed by atoms with van der Waals surface area (Å²) in [5.41, 5.74) is 0. The van der Waals surface area contributed by atoms with E-state index in [0.29, 0.717) is 5.82 Å². The van der Waals surface area contributed by atoms with Gasteiger partial charge in [-0.2, -0.15) is 5.10 Å². The van der Waals surface area contributed by atoms with E-state index in [1.165, 1.54) is 12.5 Å². The van der Waals surface area contributed by atoms with Crippen molar-refractivity contribution in [2.75, 3.05) is 18.5 Å². The Morgan fingerprint density at radius 1 is 1.50 bits per heavy atom. The van der Waals surface area contributed by atoms with Crippen molar-refractivity contribution in [3.63, 3.8) is 0 Å². The van der Waals surface area contributed by atoms with Crippen LogP contribution in [0.25, 0.3) is 0 Å². The van der Waals surface area contributed by atoms with Gasteiger partial charge in [0.25, 0.3) is 0 Å². The first-order valence-corrected chi connectivity index (χ1v) is 4.68. The summed E-state index contributed by atoms with van der Waals surface area (Å²) in [5.74, 6) is 1.47. The molecule has 0 N–H and O–H groups in total. The molecule has 1 aromatic rings. The van der Waals surface area contributed by atoms with Crippen molar-refractivity contribution in [3.8, 4) is 0 Å². The summed E-state index contributed by atoms with van der Waals surface area (Å²) in [7, 11) is 2.02. The molecule has 0 saturated heterocycles. The number of isocyanates is 1. The highest BCUT2D eigenvalue weighted by Crippen LogP contribution is 2.23. The van der Waals surface area contributed by atoms with Crippen molar-refractivity contribution < 1.29 is 4.79 Å². The lowest BCUT2D eigenvalue weighted by atomic mass is 10.3. The molecular weight excluding hydrogens is 180 g/mol. The van der Waals surface area contributed by atoms with Gasteiger partial charge in [0, 0.05) is 26.2 Å². The van der Waals surface area contributed by atoms with Crippen molar-refractivity contribution in [2.45, 2.75) is 19.4 Å². The number of hydrogen-bond acceptors (Lipinski definition) is 4. The van der Waals surface area contributed by atoms with Crippen LogP contribution in [0.5, 0.6) is 0 Å². The molecule has 0 radical (unpaired) electrons. The third-order valence-corrected chi connectivity index (χ3v) is 2.41. The van der Waals surface area contributed by atoms with Gasteiger partial charge in [-0.25, -0.2) is 9.48 Å². The molecule has 0 fully saturated rings. The maximum absolute atomic E-state index is 10.1. The molecule has 0 amide bonds. The Morgan fingerprint density at radius 2 is 2.29 bits per heavy atom. The summed E-state index contributed by atoms with van der Waals surface area (Å²) >= 11 is 0. The molecule has 5 nitrogen and oxygen atoms in total. The van der Waals surface area contributed by atoms with Crippen molar-refractivity contribution >= 4 is 17.7 Å². The van der Waals surface area contributed by atoms with Gasteiger partial charge in [0.15, 0.2) is 5.82 Å². The summed E-state index contributed by atoms with van der Waals surface area (Å²) in [6, 6.07) is 1.82. The maximum atomic E-state index is 10.1. The molecule has 0 bridgehead atoms. The number of nitrogens with zero attached hydrogens (tertiary/aromatic N) is 4. The minimum absolute atomic E-state index is 0.448. The fourth-order valence-corrected chi connectivity index (χ4v) is 1.69. The minimum atomic E-state index is 0.448. The molecule has 0 unspecified atom stereocenters. The van der Waals surface area contributed by atoms with Crippen LogP contribution in [0.4, 0.5) is 11.6 Å². The molecule has 74 valence electrons. The number of rotatable bonds is 1. The number of fused-ring (bicyclic) bond motifs is 1. The molecule has 0 spiro atoms. The Morgan fingerprint density at radius 3 is 3.07 bits per heavy atom. The van der Waals surface area contributed by atoms with Crippen LogP contribution < -0.4 is 4.90 Å². The van der Waals surface area contributed by atoms with E-state index in [1.54, 1.807) is 0 Å². The largest absolute Gasteiger partial charge is 0.360 e. The van der Waals surface area contributed by atoms with E-state index < -0.39 is 0 Å². The van der Waals surface area contributed by atoms with E-state index in [0.717, 1.165) is 25.3 Å². The zero-order valence-corrected chi connectivity index (χ0v) is 8.10. The number of carbonyl (C=O) groups excluding carboxylic acids is 1. The van der Waals surface area contributed by atoms with Gasteiger partial charge in [-0.1, -0.05) is 0 Å². The molecule has 1 aliphatic rings. The molecule has 5 heteroatoms. The molecule has 2 heterocycles. The number of aryl methyl sites for hydroxylation is 1. The predicted octanol–water partition coefficient (Wildman–Crippen LogP) is 1.08. The first-order valence-electron chi connectivity index (χ1n) is 4.68. The molecule has 2 rings (SSSR count). The van der Waals surface area contributed by atoms with Crippen LogP contribution in [0.2, 0.25) is 0 Å². The molecule has 1 aliphatic heterocycles. The van der Waals surface area contributed by atoms with Crippen LogP contribution in [0.1, 0.15) is 12.8 Å². The summed E-state index contributed by atoms with van der Waals surface area (Å²) in [6.07, 6.45) is 3.79. The number of hydrogen-bond donors (Lipinski definition) is 0. The second-order valence-electron chi connectivity index (χ2n) is 3.42. The van der Waals surface area contributed by atoms with Gasteiger partial charge in [-0.15, -0.1) is 4.99 Å². The lowest BCUT2D eigenvalue weighted by Gasteiger charge is -2.15. The quantitative estimate of drug-likeness (QED) is 0.494. The first kappa shape index (κ1) is 8.97. The second kappa shape index (κ2) is 3.64. The summed E-state index contributed by atoms with van der Waals surface area (Å²) < 4.78 is 1.89. The first-order chi connectivity index (χ1) is 6.81. The van der Waals surface area contributed by atoms with Gasteiger partial charge in [0.1, 0.15) is 5.82 Å². The molecule has 1 aromatic heterocycles. The molecule has 0 atom stereocenters. The zero-order chi connectivity index (χ0) is 9.97. The summed E-state index contributed by atoms with van der Waals surface area (Å²) in [5, 5.41) is 4.20. The van der Waals surface area contributed by atoms with Gasteiger partial charge < -0.3 is 4.90 Å². The van der Waals surface area contributed by atoms with E-state index in [4.69, 9.17) is 0 Å². The fourth-order valence-electron chi connectivity index (χ4n) is 1.69. The normalized spacial score (nSPS) is 15.6. The molecule has 0 saturated carbocycles. The standard InChI is InChI=1S/C9H12N4O/c1-12-4-2-3-5-13-9(12)6-8(11-13)10-7-14/h6H,2-5H2,1H3. The average Bonchev–Trinajstić information content (AvgIpc) is 2.49. The Bertz CT molecular complexity index is 378. The van der Waals surface area contributed by atoms with Crippen LogP contribution in [0.15, 0.2) is 11.1 Å². The van der Waals surface area contributed by atoms with E-state index in [2.05, 4.69) is 15.0 Å². The highest BCUT2D eigenvalue weighted by atomic mass is 16.1. The zero-order valence-electron chi connectivity index (χ0n) is 8.10. The van der Waals surface area contributed by atoms with Crippen LogP contribution >= 0.6 is 0 Å². The van der Waals surface area contributed by atoms with Crippen LogP contribution in [0, 0.1) is 0 Å².